The van der Waals surface area contributed by atoms with Gasteiger partial charge in [0.25, 0.3) is 0 Å². The number of nitrogens with one attached hydrogen (secondary N) is 1. The molecule has 0 aliphatic carbocycles. The second-order valence-electron chi connectivity index (χ2n) is 3.74. The molecule has 0 radical (unpaired) electrons. The number of hydrogen-bond acceptors (Lipinski definition) is 5. The quantitative estimate of drug-likeness (QED) is 0.936. The van der Waals surface area contributed by atoms with Crippen molar-refractivity contribution in [1.29, 1.82) is 0 Å². The van der Waals surface area contributed by atoms with Crippen LogP contribution < -0.4 is 5.32 Å². The standard InChI is InChI=1S/C11H11F3N4S/c1-2-3-16-9-6-15-4-7(18-9)8-5-17-10(19-8)11(12,13)14/h4-6H,2-3H2,1H3,(H,16,18). The Hall–Kier alpha value is -1.70. The maximum absolute atomic E-state index is 12.5. The molecule has 8 heteroatoms. The minimum absolute atomic E-state index is 0.347. The first kappa shape index (κ1) is 13.7. The van der Waals surface area contributed by atoms with E-state index in [1.54, 1.807) is 0 Å². The lowest BCUT2D eigenvalue weighted by molar-refractivity contribution is -0.137. The van der Waals surface area contributed by atoms with Gasteiger partial charge in [0, 0.05) is 12.7 Å². The zero-order chi connectivity index (χ0) is 13.9. The summed E-state index contributed by atoms with van der Waals surface area (Å²) in [5.74, 6) is 0.543. The van der Waals surface area contributed by atoms with Crippen LogP contribution in [-0.2, 0) is 6.18 Å². The van der Waals surface area contributed by atoms with Crippen molar-refractivity contribution in [3.63, 3.8) is 0 Å². The molecule has 2 heterocycles. The van der Waals surface area contributed by atoms with E-state index in [9.17, 15) is 13.2 Å². The second kappa shape index (κ2) is 5.52. The molecule has 0 saturated heterocycles. The number of thiazole rings is 1. The molecule has 0 aromatic carbocycles. The zero-order valence-electron chi connectivity index (χ0n) is 10.0. The third-order valence-corrected chi connectivity index (χ3v) is 3.26. The highest BCUT2D eigenvalue weighted by atomic mass is 32.1. The van der Waals surface area contributed by atoms with Crippen molar-refractivity contribution in [2.75, 3.05) is 11.9 Å². The molecule has 2 rings (SSSR count). The van der Waals surface area contributed by atoms with Gasteiger partial charge in [-0.2, -0.15) is 13.2 Å². The molecule has 0 spiro atoms. The van der Waals surface area contributed by atoms with Crippen LogP contribution in [-0.4, -0.2) is 21.5 Å². The summed E-state index contributed by atoms with van der Waals surface area (Å²) in [6.07, 6.45) is 0.621. The third-order valence-electron chi connectivity index (χ3n) is 2.19. The highest BCUT2D eigenvalue weighted by Crippen LogP contribution is 2.35. The summed E-state index contributed by atoms with van der Waals surface area (Å²) in [6.45, 7) is 2.73. The van der Waals surface area contributed by atoms with Crippen LogP contribution in [0.2, 0.25) is 0 Å². The molecule has 0 bridgehead atoms. The summed E-state index contributed by atoms with van der Waals surface area (Å²) in [4.78, 5) is 11.9. The molecule has 0 aliphatic heterocycles. The Bertz CT molecular complexity index is 553. The number of alkyl halides is 3. The first-order chi connectivity index (χ1) is 9.00. The molecule has 19 heavy (non-hydrogen) atoms. The molecular formula is C11H11F3N4S. The fraction of sp³-hybridized carbons (Fsp3) is 0.364. The van der Waals surface area contributed by atoms with Gasteiger partial charge >= 0.3 is 6.18 Å². The van der Waals surface area contributed by atoms with Crippen LogP contribution in [0.4, 0.5) is 19.0 Å². The fourth-order valence-corrected chi connectivity index (χ4v) is 2.08. The number of halogens is 3. The van der Waals surface area contributed by atoms with Crippen molar-refractivity contribution in [1.82, 2.24) is 15.0 Å². The average molecular weight is 288 g/mol. The van der Waals surface area contributed by atoms with Gasteiger partial charge in [0.15, 0.2) is 5.01 Å². The summed E-state index contributed by atoms with van der Waals surface area (Å²) in [6, 6.07) is 0. The summed E-state index contributed by atoms with van der Waals surface area (Å²) in [7, 11) is 0. The third kappa shape index (κ3) is 3.40. The van der Waals surface area contributed by atoms with Crippen molar-refractivity contribution in [3.8, 4) is 10.6 Å². The van der Waals surface area contributed by atoms with E-state index in [0.717, 1.165) is 13.0 Å². The first-order valence-electron chi connectivity index (χ1n) is 5.60. The van der Waals surface area contributed by atoms with E-state index in [2.05, 4.69) is 20.3 Å². The highest BCUT2D eigenvalue weighted by molar-refractivity contribution is 7.15. The number of nitrogens with zero attached hydrogens (tertiary/aromatic N) is 3. The summed E-state index contributed by atoms with van der Waals surface area (Å²) < 4.78 is 37.4. The smallest absolute Gasteiger partial charge is 0.369 e. The van der Waals surface area contributed by atoms with Crippen molar-refractivity contribution < 1.29 is 13.2 Å². The first-order valence-corrected chi connectivity index (χ1v) is 6.41. The lowest BCUT2D eigenvalue weighted by Gasteiger charge is -2.04. The Kier molecular flexibility index (Phi) is 3.98. The Morgan fingerprint density at radius 3 is 2.68 bits per heavy atom. The summed E-state index contributed by atoms with van der Waals surface area (Å²) >= 11 is 0.559. The molecule has 1 N–H and O–H groups in total. The average Bonchev–Trinajstić information content (AvgIpc) is 2.86. The molecule has 0 amide bonds. The van der Waals surface area contributed by atoms with E-state index in [1.165, 1.54) is 18.6 Å². The van der Waals surface area contributed by atoms with Crippen molar-refractivity contribution >= 4 is 17.2 Å². The predicted molar refractivity (Wildman–Crippen MR) is 66.9 cm³/mol. The monoisotopic (exact) mass is 288 g/mol. The van der Waals surface area contributed by atoms with Crippen molar-refractivity contribution in [3.05, 3.63) is 23.6 Å². The number of aromatic nitrogens is 3. The van der Waals surface area contributed by atoms with Gasteiger partial charge in [-0.25, -0.2) is 9.97 Å². The summed E-state index contributed by atoms with van der Waals surface area (Å²) in [5, 5.41) is 2.15. The van der Waals surface area contributed by atoms with E-state index in [-0.39, 0.29) is 0 Å². The lowest BCUT2D eigenvalue weighted by Crippen LogP contribution is -2.03. The fourth-order valence-electron chi connectivity index (χ4n) is 1.35. The van der Waals surface area contributed by atoms with Crippen LogP contribution in [0, 0.1) is 0 Å². The van der Waals surface area contributed by atoms with Crippen LogP contribution in [0.1, 0.15) is 18.4 Å². The van der Waals surface area contributed by atoms with Gasteiger partial charge in [-0.15, -0.1) is 11.3 Å². The Labute approximate surface area is 111 Å². The molecular weight excluding hydrogens is 277 g/mol. The molecule has 0 unspecified atom stereocenters. The van der Waals surface area contributed by atoms with Gasteiger partial charge in [0.2, 0.25) is 0 Å². The molecule has 0 saturated carbocycles. The van der Waals surface area contributed by atoms with Crippen LogP contribution in [0.15, 0.2) is 18.6 Å². The Morgan fingerprint density at radius 1 is 1.26 bits per heavy atom. The number of rotatable bonds is 4. The van der Waals surface area contributed by atoms with E-state index in [0.29, 0.717) is 27.7 Å². The molecule has 102 valence electrons. The van der Waals surface area contributed by atoms with E-state index >= 15 is 0 Å². The summed E-state index contributed by atoms with van der Waals surface area (Å²) in [5.41, 5.74) is 0.383. The molecule has 0 aliphatic rings. The Morgan fingerprint density at radius 2 is 2.05 bits per heavy atom. The number of hydrogen-bond donors (Lipinski definition) is 1. The lowest BCUT2D eigenvalue weighted by atomic mass is 10.4. The molecule has 4 nitrogen and oxygen atoms in total. The SMILES string of the molecule is CCCNc1cncc(-c2cnc(C(F)(F)F)s2)n1. The maximum atomic E-state index is 12.5. The van der Waals surface area contributed by atoms with Gasteiger partial charge < -0.3 is 5.32 Å². The molecule has 0 fully saturated rings. The van der Waals surface area contributed by atoms with Crippen LogP contribution in [0.25, 0.3) is 10.6 Å². The molecule has 2 aromatic heterocycles. The van der Waals surface area contributed by atoms with Crippen LogP contribution >= 0.6 is 11.3 Å². The minimum Gasteiger partial charge on any atom is -0.369 e. The van der Waals surface area contributed by atoms with Crippen molar-refractivity contribution in [2.45, 2.75) is 19.5 Å². The minimum atomic E-state index is -4.42. The van der Waals surface area contributed by atoms with Crippen LogP contribution in [0.5, 0.6) is 0 Å². The molecule has 2 aromatic rings. The van der Waals surface area contributed by atoms with E-state index in [4.69, 9.17) is 0 Å². The van der Waals surface area contributed by atoms with Crippen LogP contribution in [0.3, 0.4) is 0 Å². The highest BCUT2D eigenvalue weighted by Gasteiger charge is 2.34. The van der Waals surface area contributed by atoms with Gasteiger partial charge in [0.05, 0.1) is 17.3 Å². The topological polar surface area (TPSA) is 50.7 Å². The zero-order valence-corrected chi connectivity index (χ0v) is 10.8. The normalized spacial score (nSPS) is 11.6. The molecule has 0 atom stereocenters. The second-order valence-corrected chi connectivity index (χ2v) is 4.77. The van der Waals surface area contributed by atoms with E-state index in [1.807, 2.05) is 6.92 Å². The van der Waals surface area contributed by atoms with E-state index < -0.39 is 11.2 Å². The van der Waals surface area contributed by atoms with Gasteiger partial charge in [0.1, 0.15) is 11.5 Å². The van der Waals surface area contributed by atoms with Gasteiger partial charge in [-0.3, -0.25) is 4.98 Å². The Balaban J connectivity index is 2.24. The maximum Gasteiger partial charge on any atom is 0.443 e. The van der Waals surface area contributed by atoms with Gasteiger partial charge in [-0.1, -0.05) is 6.92 Å². The number of anilines is 1. The predicted octanol–water partition coefficient (Wildman–Crippen LogP) is 3.44. The largest absolute Gasteiger partial charge is 0.443 e. The van der Waals surface area contributed by atoms with Gasteiger partial charge in [-0.05, 0) is 6.42 Å². The van der Waals surface area contributed by atoms with Crippen molar-refractivity contribution in [2.24, 2.45) is 0 Å².